The Kier molecular flexibility index (Phi) is 11.1. The molecule has 2 aromatic rings. The van der Waals surface area contributed by atoms with Crippen molar-refractivity contribution in [2.24, 2.45) is 22.7 Å². The van der Waals surface area contributed by atoms with Gasteiger partial charge in [-0.3, -0.25) is 9.59 Å². The maximum Gasteiger partial charge on any atom is 0.338 e. The van der Waals surface area contributed by atoms with Crippen LogP contribution in [0.15, 0.2) is 71.8 Å². The number of ketones is 1. The maximum absolute atomic E-state index is 14.9. The number of hydrogen-bond donors (Lipinski definition) is 3. The van der Waals surface area contributed by atoms with Gasteiger partial charge in [-0.1, -0.05) is 76.2 Å². The van der Waals surface area contributed by atoms with Crippen LogP contribution in [0.2, 0.25) is 0 Å². The molecule has 2 bridgehead atoms. The van der Waals surface area contributed by atoms with Crippen molar-refractivity contribution in [1.29, 1.82) is 0 Å². The molecular weight excluding hydrogens is 855 g/mol. The number of esters is 2. The Morgan fingerprint density at radius 1 is 0.960 bits per heavy atom. The Balaban J connectivity index is 0.00000486. The molecule has 3 N–H and O–H groups in total. The van der Waals surface area contributed by atoms with E-state index in [2.05, 4.69) is 0 Å². The minimum atomic E-state index is -2.04. The van der Waals surface area contributed by atoms with E-state index >= 15 is 0 Å². The Bertz CT molecular complexity index is 1640. The average molecular weight is 904 g/mol. The summed E-state index contributed by atoms with van der Waals surface area (Å²) in [7, 11) is 1.38. The van der Waals surface area contributed by atoms with Crippen molar-refractivity contribution < 1.29 is 92.7 Å². The van der Waals surface area contributed by atoms with Crippen LogP contribution in [0, 0.1) is 66.7 Å². The molecule has 267 valence electrons. The second-order valence-electron chi connectivity index (χ2n) is 15.2. The van der Waals surface area contributed by atoms with E-state index in [0.29, 0.717) is 11.1 Å². The van der Waals surface area contributed by atoms with E-state index in [9.17, 15) is 29.7 Å². The van der Waals surface area contributed by atoms with Gasteiger partial charge < -0.3 is 34.3 Å². The summed E-state index contributed by atoms with van der Waals surface area (Å²) in [4.78, 5) is 42.7. The molecular formula is C39H48AcO10. The Morgan fingerprint density at radius 2 is 1.56 bits per heavy atom. The van der Waals surface area contributed by atoms with Crippen LogP contribution in [0.3, 0.4) is 0 Å². The SMILES string of the molecule is COC1C(=O)[C@]2(C)C(O)CC3OCC3(O)C2C(OC(=O)c2ccccc2)C2(O)CC(OC(=O)[C@H](C)[C@@H](C)c3ccccc3)C(C)=C1C2(C)C.[Ac]. The number of benzene rings is 2. The smallest absolute Gasteiger partial charge is 0.338 e. The number of ether oxygens (including phenoxy) is 4. The van der Waals surface area contributed by atoms with Crippen molar-refractivity contribution in [3.63, 3.8) is 0 Å². The van der Waals surface area contributed by atoms with Gasteiger partial charge in [0.1, 0.15) is 29.5 Å². The number of Topliss-reactive ketones (excluding diaryl/α,β-unsaturated/α-hetero) is 1. The normalized spacial score (nSPS) is 37.0. The van der Waals surface area contributed by atoms with Gasteiger partial charge in [-0.05, 0) is 48.6 Å². The number of carbonyl (C=O) groups excluding carboxylic acids is 3. The summed E-state index contributed by atoms with van der Waals surface area (Å²) in [6, 6.07) is 17.9. The van der Waals surface area contributed by atoms with Crippen LogP contribution in [-0.2, 0) is 28.5 Å². The molecule has 10 nitrogen and oxygen atoms in total. The van der Waals surface area contributed by atoms with Gasteiger partial charge in [-0.25, -0.2) is 4.79 Å². The third kappa shape index (κ3) is 5.88. The van der Waals surface area contributed by atoms with Crippen LogP contribution < -0.4 is 0 Å². The number of aliphatic hydroxyl groups excluding tert-OH is 1. The molecule has 3 fully saturated rings. The quantitative estimate of drug-likeness (QED) is 0.274. The molecule has 0 aromatic heterocycles. The minimum Gasteiger partial charge on any atom is -0.457 e. The first kappa shape index (κ1) is 39.2. The van der Waals surface area contributed by atoms with Crippen LogP contribution in [0.5, 0.6) is 0 Å². The average Bonchev–Trinajstić information content (AvgIpc) is 3.09. The number of hydrogen-bond acceptors (Lipinski definition) is 10. The molecule has 4 aliphatic rings. The summed E-state index contributed by atoms with van der Waals surface area (Å²) in [6.45, 7) is 10.3. The van der Waals surface area contributed by atoms with Gasteiger partial charge >= 0.3 is 11.9 Å². The summed E-state index contributed by atoms with van der Waals surface area (Å²) in [6.07, 6.45) is -6.32. The number of fused-ring (bicyclic) bond motifs is 5. The number of aliphatic hydroxyl groups is 3. The van der Waals surface area contributed by atoms with Crippen LogP contribution in [0.25, 0.3) is 0 Å². The van der Waals surface area contributed by atoms with Crippen molar-refractivity contribution >= 4 is 17.7 Å². The Hall–Kier alpha value is -1.97. The van der Waals surface area contributed by atoms with Gasteiger partial charge in [0.2, 0.25) is 0 Å². The summed E-state index contributed by atoms with van der Waals surface area (Å²) in [5, 5.41) is 37.3. The zero-order chi connectivity index (χ0) is 35.7. The van der Waals surface area contributed by atoms with Crippen LogP contribution in [-0.4, -0.2) is 88.5 Å². The number of rotatable bonds is 7. The summed E-state index contributed by atoms with van der Waals surface area (Å²) in [5.74, 6) is -3.88. The predicted octanol–water partition coefficient (Wildman–Crippen LogP) is 4.16. The molecule has 11 heteroatoms. The van der Waals surface area contributed by atoms with Crippen molar-refractivity contribution in [2.45, 2.75) is 102 Å². The van der Waals surface area contributed by atoms with Crippen molar-refractivity contribution in [3.8, 4) is 0 Å². The van der Waals surface area contributed by atoms with E-state index in [4.69, 9.17) is 18.9 Å². The molecule has 1 heterocycles. The second-order valence-corrected chi connectivity index (χ2v) is 15.2. The van der Waals surface area contributed by atoms with E-state index in [1.54, 1.807) is 65.0 Å². The van der Waals surface area contributed by atoms with Gasteiger partial charge in [0.25, 0.3) is 0 Å². The summed E-state index contributed by atoms with van der Waals surface area (Å²) >= 11 is 0. The Morgan fingerprint density at radius 3 is 2.12 bits per heavy atom. The molecule has 2 aromatic carbocycles. The third-order valence-corrected chi connectivity index (χ3v) is 12.5. The fraction of sp³-hybridized carbons (Fsp3) is 0.564. The predicted molar refractivity (Wildman–Crippen MR) is 178 cm³/mol. The second kappa shape index (κ2) is 14.1. The minimum absolute atomic E-state index is 0. The largest absolute Gasteiger partial charge is 0.457 e. The summed E-state index contributed by atoms with van der Waals surface area (Å²) < 4.78 is 24.2. The molecule has 50 heavy (non-hydrogen) atoms. The number of carbonyl (C=O) groups is 3. The van der Waals surface area contributed by atoms with Gasteiger partial charge in [0.15, 0.2) is 5.78 Å². The van der Waals surface area contributed by atoms with E-state index in [1.807, 2.05) is 37.3 Å². The van der Waals surface area contributed by atoms with Crippen molar-refractivity contribution in [2.75, 3.05) is 13.7 Å². The van der Waals surface area contributed by atoms with Gasteiger partial charge in [0.05, 0.1) is 35.7 Å². The zero-order valence-corrected chi connectivity index (χ0v) is 34.5. The number of methoxy groups -OCH3 is 1. The topological polar surface area (TPSA) is 149 Å². The molecule has 1 aliphatic heterocycles. The van der Waals surface area contributed by atoms with Crippen LogP contribution >= 0.6 is 0 Å². The molecule has 1 saturated heterocycles. The van der Waals surface area contributed by atoms with Crippen LogP contribution in [0.4, 0.5) is 0 Å². The molecule has 8 unspecified atom stereocenters. The van der Waals surface area contributed by atoms with Gasteiger partial charge in [-0.15, -0.1) is 0 Å². The zero-order valence-electron chi connectivity index (χ0n) is 29.8. The molecule has 2 saturated carbocycles. The van der Waals surface area contributed by atoms with Gasteiger partial charge in [-0.2, -0.15) is 0 Å². The molecule has 11 atom stereocenters. The van der Waals surface area contributed by atoms with Crippen LogP contribution in [0.1, 0.15) is 76.2 Å². The monoisotopic (exact) mass is 903 g/mol. The standard InChI is InChI=1S/C39H48O10.Ac/c1-21(24-14-10-8-11-15-24)22(2)34(42)48-26-19-39(45)33(49-35(43)25-16-12-9-13-17-25)31-37(6,27(40)18-28-38(31,44)20-47-28)32(41)30(46-7)29(23(26)3)36(39,4)5;/h8-17,21-22,26-28,30-31,33,40,44-45H,18-20H2,1-7H3;/t21-,22-,26?,27?,28?,30?,31?,33?,37-,38?,39?;/m1./s1. The molecule has 6 rings (SSSR count). The molecule has 0 amide bonds. The first-order chi connectivity index (χ1) is 23.0. The maximum atomic E-state index is 14.9. The molecule has 3 aliphatic carbocycles. The van der Waals surface area contributed by atoms with E-state index in [0.717, 1.165) is 5.56 Å². The first-order valence-corrected chi connectivity index (χ1v) is 17.1. The van der Waals surface area contributed by atoms with Crippen molar-refractivity contribution in [1.82, 2.24) is 0 Å². The van der Waals surface area contributed by atoms with E-state index in [-0.39, 0.29) is 75.0 Å². The Labute approximate surface area is 329 Å². The third-order valence-electron chi connectivity index (χ3n) is 12.5. The van der Waals surface area contributed by atoms with E-state index < -0.39 is 82.1 Å². The fourth-order valence-electron chi connectivity index (χ4n) is 9.06. The molecule has 1 radical (unpaired) electrons. The summed E-state index contributed by atoms with van der Waals surface area (Å²) in [5.41, 5.74) is -4.76. The van der Waals surface area contributed by atoms with Gasteiger partial charge in [0, 0.05) is 75.3 Å². The van der Waals surface area contributed by atoms with Crippen molar-refractivity contribution in [3.05, 3.63) is 82.9 Å². The molecule has 0 spiro atoms. The van der Waals surface area contributed by atoms with E-state index in [1.165, 1.54) is 7.11 Å². The first-order valence-electron chi connectivity index (χ1n) is 17.1. The fourth-order valence-corrected chi connectivity index (χ4v) is 9.06.